The lowest BCUT2D eigenvalue weighted by Crippen LogP contribution is -2.21. The third-order valence-corrected chi connectivity index (χ3v) is 3.23. The van der Waals surface area contributed by atoms with E-state index in [1.165, 1.54) is 7.11 Å². The molecule has 0 aliphatic rings. The van der Waals surface area contributed by atoms with Crippen LogP contribution in [0, 0.1) is 0 Å². The second kappa shape index (κ2) is 5.32. The number of hydrogen-bond donors (Lipinski definition) is 1. The fraction of sp³-hybridized carbons (Fsp3) is 0.300. The fourth-order valence-corrected chi connectivity index (χ4v) is 1.40. The number of rotatable bonds is 3. The van der Waals surface area contributed by atoms with Crippen LogP contribution in [0.25, 0.3) is 0 Å². The summed E-state index contributed by atoms with van der Waals surface area (Å²) in [6.45, 7) is 1.67. The summed E-state index contributed by atoms with van der Waals surface area (Å²) in [6, 6.07) is 6.83. The number of aliphatic hydroxyl groups is 1. The van der Waals surface area contributed by atoms with Crippen molar-refractivity contribution in [3.8, 4) is 0 Å². The predicted molar refractivity (Wildman–Crippen MR) is 66.0 cm³/mol. The third-order valence-electron chi connectivity index (χ3n) is 1.86. The van der Waals surface area contributed by atoms with Crippen LogP contribution in [-0.2, 0) is 4.74 Å². The Balaban J connectivity index is 2.85. The van der Waals surface area contributed by atoms with Crippen molar-refractivity contribution in [2.24, 2.45) is 0 Å². The highest BCUT2D eigenvalue weighted by molar-refractivity contribution is 14.1. The highest BCUT2D eigenvalue weighted by Crippen LogP contribution is 2.21. The molecular weight excluding hydrogens is 309 g/mol. The summed E-state index contributed by atoms with van der Waals surface area (Å²) in [5, 5.41) is 9.33. The Hall–Kier alpha value is -0.820. The zero-order valence-electron chi connectivity index (χ0n) is 8.48. The van der Waals surface area contributed by atoms with Crippen LogP contribution in [-0.4, -0.2) is 24.4 Å². The fourth-order valence-electron chi connectivity index (χ4n) is 1.07. The number of hydrogen-bond acceptors (Lipinski definition) is 4. The topological polar surface area (TPSA) is 49.8 Å². The molecule has 0 aromatic heterocycles. The molecule has 0 amide bonds. The Morgan fingerprint density at radius 3 is 2.40 bits per heavy atom. The number of methoxy groups -OCH3 is 1. The zero-order chi connectivity index (χ0) is 11.4. The number of carbonyl (C=O) groups excluding carboxylic acids is 1. The van der Waals surface area contributed by atoms with Gasteiger partial charge in [-0.15, -0.1) is 0 Å². The molecule has 4 nitrogen and oxygen atoms in total. The van der Waals surface area contributed by atoms with Crippen LogP contribution in [0.15, 0.2) is 24.3 Å². The number of benzene rings is 1. The van der Waals surface area contributed by atoms with Crippen LogP contribution in [0.3, 0.4) is 0 Å². The lowest BCUT2D eigenvalue weighted by Gasteiger charge is -2.19. The Morgan fingerprint density at radius 1 is 1.47 bits per heavy atom. The lowest BCUT2D eigenvalue weighted by atomic mass is 10.2. The van der Waals surface area contributed by atoms with E-state index in [2.05, 4.69) is 4.74 Å². The van der Waals surface area contributed by atoms with Gasteiger partial charge in [0.15, 0.2) is 0 Å². The van der Waals surface area contributed by atoms with E-state index in [1.54, 1.807) is 34.3 Å². The molecule has 15 heavy (non-hydrogen) atoms. The number of anilines is 1. The molecule has 0 radical (unpaired) electrons. The molecule has 1 N–H and O–H groups in total. The highest BCUT2D eigenvalue weighted by Gasteiger charge is 2.09. The van der Waals surface area contributed by atoms with E-state index in [0.29, 0.717) is 5.56 Å². The van der Waals surface area contributed by atoms with Crippen molar-refractivity contribution in [3.63, 3.8) is 0 Å². The standard InChI is InChI=1S/C10H12INO3/c1-7(13)12(11)9-5-3-8(4-6-9)10(14)15-2/h3-7,13H,1-2H3. The molecule has 0 aliphatic carbocycles. The minimum atomic E-state index is -0.574. The Kier molecular flexibility index (Phi) is 4.34. The van der Waals surface area contributed by atoms with E-state index >= 15 is 0 Å². The molecule has 1 aromatic rings. The van der Waals surface area contributed by atoms with Gasteiger partial charge in [0.05, 0.1) is 35.5 Å². The second-order valence-electron chi connectivity index (χ2n) is 2.98. The van der Waals surface area contributed by atoms with Crippen LogP contribution in [0.2, 0.25) is 0 Å². The maximum Gasteiger partial charge on any atom is 0.337 e. The Bertz CT molecular complexity index is 337. The van der Waals surface area contributed by atoms with Gasteiger partial charge in [0.2, 0.25) is 0 Å². The third kappa shape index (κ3) is 3.07. The average Bonchev–Trinajstić information content (AvgIpc) is 2.27. The summed E-state index contributed by atoms with van der Waals surface area (Å²) < 4.78 is 6.25. The normalized spacial score (nSPS) is 12.0. The van der Waals surface area contributed by atoms with E-state index in [1.807, 2.05) is 22.9 Å². The molecule has 0 saturated carbocycles. The Morgan fingerprint density at radius 2 is 2.00 bits per heavy atom. The van der Waals surface area contributed by atoms with E-state index in [0.717, 1.165) is 5.69 Å². The van der Waals surface area contributed by atoms with Gasteiger partial charge in [-0.3, -0.25) is 3.11 Å². The van der Waals surface area contributed by atoms with Crippen molar-refractivity contribution >= 4 is 34.5 Å². The van der Waals surface area contributed by atoms with E-state index in [4.69, 9.17) is 0 Å². The van der Waals surface area contributed by atoms with Crippen LogP contribution in [0.5, 0.6) is 0 Å². The molecule has 1 unspecified atom stereocenters. The number of ether oxygens (including phenoxy) is 1. The molecule has 5 heteroatoms. The lowest BCUT2D eigenvalue weighted by molar-refractivity contribution is 0.0601. The number of aliphatic hydroxyl groups excluding tert-OH is 1. The van der Waals surface area contributed by atoms with Crippen molar-refractivity contribution in [2.45, 2.75) is 13.2 Å². The molecule has 0 spiro atoms. The smallest absolute Gasteiger partial charge is 0.337 e. The summed E-state index contributed by atoms with van der Waals surface area (Å²) in [5.41, 5.74) is 1.33. The Labute approximate surface area is 102 Å². The first-order valence-electron chi connectivity index (χ1n) is 4.37. The van der Waals surface area contributed by atoms with Gasteiger partial charge < -0.3 is 9.84 Å². The van der Waals surface area contributed by atoms with Crippen molar-refractivity contribution in [3.05, 3.63) is 29.8 Å². The van der Waals surface area contributed by atoms with Gasteiger partial charge in [0.1, 0.15) is 6.23 Å². The number of nitrogens with zero attached hydrogens (tertiary/aromatic N) is 1. The van der Waals surface area contributed by atoms with E-state index in [-0.39, 0.29) is 5.97 Å². The van der Waals surface area contributed by atoms with Crippen molar-refractivity contribution in [1.82, 2.24) is 0 Å². The van der Waals surface area contributed by atoms with Crippen LogP contribution < -0.4 is 3.11 Å². The summed E-state index contributed by atoms with van der Waals surface area (Å²) in [6.07, 6.45) is -0.574. The average molecular weight is 321 g/mol. The van der Waals surface area contributed by atoms with Crippen LogP contribution in [0.1, 0.15) is 17.3 Å². The maximum absolute atomic E-state index is 11.1. The zero-order valence-corrected chi connectivity index (χ0v) is 10.6. The minimum Gasteiger partial charge on any atom is -0.465 e. The summed E-state index contributed by atoms with van der Waals surface area (Å²) in [5.74, 6) is -0.362. The quantitative estimate of drug-likeness (QED) is 0.400. The first-order valence-corrected chi connectivity index (χ1v) is 5.34. The molecular formula is C10H12INO3. The largest absolute Gasteiger partial charge is 0.465 e. The van der Waals surface area contributed by atoms with E-state index in [9.17, 15) is 9.90 Å². The van der Waals surface area contributed by atoms with Gasteiger partial charge in [-0.05, 0) is 31.2 Å². The molecule has 0 heterocycles. The number of esters is 1. The molecule has 0 bridgehead atoms. The molecule has 1 aromatic carbocycles. The second-order valence-corrected chi connectivity index (χ2v) is 4.02. The van der Waals surface area contributed by atoms with Gasteiger partial charge in [0.25, 0.3) is 0 Å². The summed E-state index contributed by atoms with van der Waals surface area (Å²) in [7, 11) is 1.34. The van der Waals surface area contributed by atoms with Gasteiger partial charge >= 0.3 is 5.97 Å². The molecule has 82 valence electrons. The SMILES string of the molecule is COC(=O)c1ccc(N(I)C(C)O)cc1. The van der Waals surface area contributed by atoms with Gasteiger partial charge in [-0.1, -0.05) is 0 Å². The van der Waals surface area contributed by atoms with Gasteiger partial charge in [0, 0.05) is 5.69 Å². The number of carbonyl (C=O) groups is 1. The van der Waals surface area contributed by atoms with Crippen LogP contribution >= 0.6 is 22.9 Å². The monoisotopic (exact) mass is 321 g/mol. The first-order chi connectivity index (χ1) is 7.06. The van der Waals surface area contributed by atoms with Crippen LogP contribution in [0.4, 0.5) is 5.69 Å². The maximum atomic E-state index is 11.1. The molecule has 1 atom stereocenters. The number of halogens is 1. The van der Waals surface area contributed by atoms with Crippen molar-refractivity contribution < 1.29 is 14.6 Å². The minimum absolute atomic E-state index is 0.362. The molecule has 1 rings (SSSR count). The highest BCUT2D eigenvalue weighted by atomic mass is 127. The van der Waals surface area contributed by atoms with Crippen molar-refractivity contribution in [2.75, 3.05) is 10.2 Å². The predicted octanol–water partition coefficient (Wildman–Crippen LogP) is 1.97. The molecule has 0 saturated heterocycles. The summed E-state index contributed by atoms with van der Waals surface area (Å²) in [4.78, 5) is 11.1. The van der Waals surface area contributed by atoms with Gasteiger partial charge in [-0.2, -0.15) is 0 Å². The van der Waals surface area contributed by atoms with Crippen molar-refractivity contribution in [1.29, 1.82) is 0 Å². The molecule has 0 fully saturated rings. The summed E-state index contributed by atoms with van der Waals surface area (Å²) >= 11 is 2.00. The molecule has 0 aliphatic heterocycles. The van der Waals surface area contributed by atoms with E-state index < -0.39 is 6.23 Å². The van der Waals surface area contributed by atoms with Gasteiger partial charge in [-0.25, -0.2) is 4.79 Å². The first kappa shape index (κ1) is 12.3.